The van der Waals surface area contributed by atoms with E-state index >= 15 is 0 Å². The van der Waals surface area contributed by atoms with E-state index in [4.69, 9.17) is 4.74 Å². The monoisotopic (exact) mass is 424 g/mol. The number of fused-ring (bicyclic) bond motifs is 1. The van der Waals surface area contributed by atoms with Gasteiger partial charge in [-0.1, -0.05) is 12.1 Å². The number of nitro benzene ring substituents is 1. The van der Waals surface area contributed by atoms with E-state index in [-0.39, 0.29) is 5.69 Å². The summed E-state index contributed by atoms with van der Waals surface area (Å²) in [6, 6.07) is 11.4. The van der Waals surface area contributed by atoms with Crippen LogP contribution in [0.25, 0.3) is 10.9 Å². The zero-order valence-electron chi connectivity index (χ0n) is 17.8. The van der Waals surface area contributed by atoms with Crippen molar-refractivity contribution in [2.45, 2.75) is 32.9 Å². The first kappa shape index (κ1) is 21.8. The van der Waals surface area contributed by atoms with Crippen LogP contribution in [0, 0.1) is 10.1 Å². The molecule has 3 aromatic rings. The lowest BCUT2D eigenvalue weighted by Crippen LogP contribution is -2.33. The SMILES string of the molecule is CN(Cc1cccc(NC(=O)c2c[nH]c3ccc([N+](=O)[O-])cc23)c1)C(=O)OC(C)(C)C. The summed E-state index contributed by atoms with van der Waals surface area (Å²) in [5.41, 5.74) is 1.60. The van der Waals surface area contributed by atoms with E-state index in [2.05, 4.69) is 10.3 Å². The minimum absolute atomic E-state index is 0.0895. The van der Waals surface area contributed by atoms with Crippen LogP contribution in [0.1, 0.15) is 36.7 Å². The molecule has 31 heavy (non-hydrogen) atoms. The number of non-ortho nitro benzene ring substituents is 1. The van der Waals surface area contributed by atoms with Crippen LogP contribution in [0.2, 0.25) is 0 Å². The van der Waals surface area contributed by atoms with Gasteiger partial charge in [0.05, 0.1) is 10.5 Å². The summed E-state index contributed by atoms with van der Waals surface area (Å²) in [4.78, 5) is 39.9. The second-order valence-electron chi connectivity index (χ2n) is 8.18. The molecule has 0 saturated heterocycles. The van der Waals surface area contributed by atoms with Crippen LogP contribution in [0.4, 0.5) is 16.2 Å². The number of nitro groups is 1. The van der Waals surface area contributed by atoms with E-state index < -0.39 is 22.5 Å². The van der Waals surface area contributed by atoms with Gasteiger partial charge in [-0.15, -0.1) is 0 Å². The number of ether oxygens (including phenoxy) is 1. The summed E-state index contributed by atoms with van der Waals surface area (Å²) in [5.74, 6) is -0.399. The van der Waals surface area contributed by atoms with Gasteiger partial charge in [0.25, 0.3) is 11.6 Å². The quantitative estimate of drug-likeness (QED) is 0.455. The Hall–Kier alpha value is -3.88. The third-order valence-corrected chi connectivity index (χ3v) is 4.43. The Kier molecular flexibility index (Phi) is 5.96. The highest BCUT2D eigenvalue weighted by Gasteiger charge is 2.20. The predicted octanol–water partition coefficient (Wildman–Crippen LogP) is 4.70. The average Bonchev–Trinajstić information content (AvgIpc) is 3.10. The fourth-order valence-corrected chi connectivity index (χ4v) is 3.03. The number of carbonyl (C=O) groups is 2. The van der Waals surface area contributed by atoms with Gasteiger partial charge >= 0.3 is 6.09 Å². The van der Waals surface area contributed by atoms with Crippen LogP contribution in [-0.4, -0.2) is 39.5 Å². The van der Waals surface area contributed by atoms with Gasteiger partial charge in [-0.3, -0.25) is 14.9 Å². The van der Waals surface area contributed by atoms with Crippen molar-refractivity contribution in [1.29, 1.82) is 0 Å². The number of hydrogen-bond acceptors (Lipinski definition) is 5. The average molecular weight is 424 g/mol. The molecule has 3 rings (SSSR count). The number of rotatable bonds is 5. The molecule has 1 heterocycles. The van der Waals surface area contributed by atoms with Crippen molar-refractivity contribution >= 4 is 34.3 Å². The first-order chi connectivity index (χ1) is 14.5. The topological polar surface area (TPSA) is 118 Å². The van der Waals surface area contributed by atoms with Crippen LogP contribution in [0.5, 0.6) is 0 Å². The molecule has 0 saturated carbocycles. The number of anilines is 1. The highest BCUT2D eigenvalue weighted by molar-refractivity contribution is 6.13. The van der Waals surface area contributed by atoms with E-state index in [9.17, 15) is 19.7 Å². The molecule has 0 aliphatic carbocycles. The molecule has 0 fully saturated rings. The fraction of sp³-hybridized carbons (Fsp3) is 0.273. The maximum Gasteiger partial charge on any atom is 0.410 e. The predicted molar refractivity (Wildman–Crippen MR) is 117 cm³/mol. The molecule has 162 valence electrons. The summed E-state index contributed by atoms with van der Waals surface area (Å²) in [6.45, 7) is 5.70. The van der Waals surface area contributed by atoms with Crippen molar-refractivity contribution in [1.82, 2.24) is 9.88 Å². The van der Waals surface area contributed by atoms with E-state index in [0.29, 0.717) is 28.7 Å². The molecule has 0 radical (unpaired) electrons. The molecular weight excluding hydrogens is 400 g/mol. The number of aromatic amines is 1. The standard InChI is InChI=1S/C22H24N4O5/c1-22(2,3)31-21(28)25(4)13-14-6-5-7-15(10-14)24-20(27)18-12-23-19-9-8-16(26(29)30)11-17(18)19/h5-12,23H,13H2,1-4H3,(H,24,27). The smallest absolute Gasteiger partial charge is 0.410 e. The maximum atomic E-state index is 12.8. The molecule has 0 atom stereocenters. The number of hydrogen-bond donors (Lipinski definition) is 2. The molecule has 0 bridgehead atoms. The van der Waals surface area contributed by atoms with E-state index in [1.165, 1.54) is 23.2 Å². The second-order valence-corrected chi connectivity index (χ2v) is 8.18. The molecule has 9 heteroatoms. The van der Waals surface area contributed by atoms with Gasteiger partial charge in [0.1, 0.15) is 5.60 Å². The number of amides is 2. The number of benzene rings is 2. The van der Waals surface area contributed by atoms with Crippen molar-refractivity contribution in [2.75, 3.05) is 12.4 Å². The first-order valence-electron chi connectivity index (χ1n) is 9.63. The Morgan fingerprint density at radius 1 is 1.19 bits per heavy atom. The molecule has 0 unspecified atom stereocenters. The Labute approximate surface area is 179 Å². The number of aromatic nitrogens is 1. The van der Waals surface area contributed by atoms with Crippen LogP contribution in [-0.2, 0) is 11.3 Å². The Morgan fingerprint density at radius 3 is 2.61 bits per heavy atom. The lowest BCUT2D eigenvalue weighted by molar-refractivity contribution is -0.384. The van der Waals surface area contributed by atoms with Gasteiger partial charge in [-0.25, -0.2) is 4.79 Å². The minimum atomic E-state index is -0.588. The highest BCUT2D eigenvalue weighted by atomic mass is 16.6. The fourth-order valence-electron chi connectivity index (χ4n) is 3.03. The highest BCUT2D eigenvalue weighted by Crippen LogP contribution is 2.25. The lowest BCUT2D eigenvalue weighted by Gasteiger charge is -2.24. The molecule has 0 aliphatic heterocycles. The van der Waals surface area contributed by atoms with Gasteiger partial charge in [-0.2, -0.15) is 0 Å². The van der Waals surface area contributed by atoms with Crippen LogP contribution in [0.3, 0.4) is 0 Å². The number of nitrogens with one attached hydrogen (secondary N) is 2. The summed E-state index contributed by atoms with van der Waals surface area (Å²) >= 11 is 0. The minimum Gasteiger partial charge on any atom is -0.444 e. The zero-order chi connectivity index (χ0) is 22.8. The van der Waals surface area contributed by atoms with Crippen LogP contribution >= 0.6 is 0 Å². The van der Waals surface area contributed by atoms with Crippen molar-refractivity contribution in [3.05, 3.63) is 69.9 Å². The van der Waals surface area contributed by atoms with Crippen molar-refractivity contribution in [2.24, 2.45) is 0 Å². The molecule has 9 nitrogen and oxygen atoms in total. The molecule has 2 aromatic carbocycles. The van der Waals surface area contributed by atoms with Gasteiger partial charge < -0.3 is 19.9 Å². The number of carbonyl (C=O) groups excluding carboxylic acids is 2. The molecule has 2 amide bonds. The summed E-state index contributed by atoms with van der Waals surface area (Å²) in [7, 11) is 1.64. The van der Waals surface area contributed by atoms with Gasteiger partial charge in [-0.05, 0) is 44.5 Å². The Balaban J connectivity index is 1.74. The largest absolute Gasteiger partial charge is 0.444 e. The van der Waals surface area contributed by atoms with Crippen molar-refractivity contribution in [3.63, 3.8) is 0 Å². The second kappa shape index (κ2) is 8.47. The van der Waals surface area contributed by atoms with Gasteiger partial charge in [0.15, 0.2) is 0 Å². The molecule has 0 spiro atoms. The zero-order valence-corrected chi connectivity index (χ0v) is 17.8. The third-order valence-electron chi connectivity index (χ3n) is 4.43. The first-order valence-corrected chi connectivity index (χ1v) is 9.63. The summed E-state index contributed by atoms with van der Waals surface area (Å²) in [5, 5.41) is 14.3. The number of nitrogens with zero attached hydrogens (tertiary/aromatic N) is 2. The van der Waals surface area contributed by atoms with E-state index in [0.717, 1.165) is 5.56 Å². The Morgan fingerprint density at radius 2 is 1.94 bits per heavy atom. The third kappa shape index (κ3) is 5.39. The van der Waals surface area contributed by atoms with Crippen LogP contribution < -0.4 is 5.32 Å². The van der Waals surface area contributed by atoms with Crippen molar-refractivity contribution in [3.8, 4) is 0 Å². The molecule has 1 aromatic heterocycles. The lowest BCUT2D eigenvalue weighted by atomic mass is 10.1. The van der Waals surface area contributed by atoms with Gasteiger partial charge in [0, 0.05) is 48.5 Å². The van der Waals surface area contributed by atoms with Crippen LogP contribution in [0.15, 0.2) is 48.7 Å². The number of H-pyrrole nitrogens is 1. The maximum absolute atomic E-state index is 12.8. The molecule has 0 aliphatic rings. The summed E-state index contributed by atoms with van der Waals surface area (Å²) in [6.07, 6.45) is 1.08. The Bertz CT molecular complexity index is 1150. The van der Waals surface area contributed by atoms with E-state index in [1.54, 1.807) is 52.1 Å². The van der Waals surface area contributed by atoms with E-state index in [1.807, 2.05) is 6.07 Å². The van der Waals surface area contributed by atoms with Crippen molar-refractivity contribution < 1.29 is 19.2 Å². The summed E-state index contributed by atoms with van der Waals surface area (Å²) < 4.78 is 5.35. The molecule has 2 N–H and O–H groups in total. The molecular formula is C22H24N4O5. The van der Waals surface area contributed by atoms with Gasteiger partial charge in [0.2, 0.25) is 0 Å². The normalized spacial score (nSPS) is 11.2.